The molecule has 1 aromatic carbocycles. The monoisotopic (exact) mass is 286 g/mol. The highest BCUT2D eigenvalue weighted by atomic mass is 16.1. The van der Waals surface area contributed by atoms with Gasteiger partial charge in [0.15, 0.2) is 0 Å². The smallest absolute Gasteiger partial charge is 0.253 e. The molecule has 1 aliphatic rings. The van der Waals surface area contributed by atoms with Crippen molar-refractivity contribution in [3.8, 4) is 0 Å². The number of benzene rings is 1. The molecule has 0 saturated carbocycles. The van der Waals surface area contributed by atoms with Gasteiger partial charge >= 0.3 is 0 Å². The van der Waals surface area contributed by atoms with E-state index in [4.69, 9.17) is 5.73 Å². The number of likely N-dealkylation sites (tertiary alicyclic amines) is 1. The largest absolute Gasteiger partial charge is 0.399 e. The van der Waals surface area contributed by atoms with Gasteiger partial charge in [0, 0.05) is 29.3 Å². The first-order valence-electron chi connectivity index (χ1n) is 7.61. The number of nitrogens with zero attached hydrogens (tertiary/aromatic N) is 1. The Kier molecular flexibility index (Phi) is 4.10. The van der Waals surface area contributed by atoms with E-state index in [0.717, 1.165) is 23.9 Å². The van der Waals surface area contributed by atoms with Gasteiger partial charge < -0.3 is 20.9 Å². The number of nitrogens with one attached hydrogen (secondary N) is 2. The number of nitrogens with two attached hydrogens (primary N) is 1. The normalized spacial score (nSPS) is 15.6. The SMILES string of the molecule is Nc1ccc2[nH]cc(C(=O)NCCCN3CCCC3)c2c1. The quantitative estimate of drug-likeness (QED) is 0.581. The minimum atomic E-state index is -0.0340. The second kappa shape index (κ2) is 6.18. The predicted octanol–water partition coefficient (Wildman–Crippen LogP) is 1.97. The summed E-state index contributed by atoms with van der Waals surface area (Å²) < 4.78 is 0. The number of aromatic nitrogens is 1. The maximum atomic E-state index is 12.2. The first-order valence-corrected chi connectivity index (χ1v) is 7.61. The predicted molar refractivity (Wildman–Crippen MR) is 85.3 cm³/mol. The van der Waals surface area contributed by atoms with Crippen LogP contribution in [-0.4, -0.2) is 42.0 Å². The van der Waals surface area contributed by atoms with E-state index >= 15 is 0 Å². The van der Waals surface area contributed by atoms with Gasteiger partial charge in [-0.25, -0.2) is 0 Å². The number of aromatic amines is 1. The van der Waals surface area contributed by atoms with Crippen LogP contribution < -0.4 is 11.1 Å². The summed E-state index contributed by atoms with van der Waals surface area (Å²) in [5, 5.41) is 3.88. The molecule has 2 aromatic rings. The van der Waals surface area contributed by atoms with Crippen LogP contribution in [0.3, 0.4) is 0 Å². The number of amides is 1. The lowest BCUT2D eigenvalue weighted by atomic mass is 10.1. The average Bonchev–Trinajstić information content (AvgIpc) is 3.12. The second-order valence-corrected chi connectivity index (χ2v) is 5.67. The van der Waals surface area contributed by atoms with Crippen molar-refractivity contribution in [2.24, 2.45) is 0 Å². The first-order chi connectivity index (χ1) is 10.2. The number of hydrogen-bond acceptors (Lipinski definition) is 3. The summed E-state index contributed by atoms with van der Waals surface area (Å²) in [5.74, 6) is -0.0340. The van der Waals surface area contributed by atoms with E-state index in [0.29, 0.717) is 17.8 Å². The van der Waals surface area contributed by atoms with Crippen molar-refractivity contribution in [2.45, 2.75) is 19.3 Å². The molecule has 3 rings (SSSR count). The fraction of sp³-hybridized carbons (Fsp3) is 0.438. The highest BCUT2D eigenvalue weighted by Crippen LogP contribution is 2.20. The van der Waals surface area contributed by atoms with Crippen LogP contribution >= 0.6 is 0 Å². The highest BCUT2D eigenvalue weighted by Gasteiger charge is 2.13. The van der Waals surface area contributed by atoms with Crippen LogP contribution in [0, 0.1) is 0 Å². The van der Waals surface area contributed by atoms with Gasteiger partial charge in [0.05, 0.1) is 5.56 Å². The average molecular weight is 286 g/mol. The number of nitrogen functional groups attached to an aromatic ring is 1. The molecule has 0 radical (unpaired) electrons. The molecule has 1 saturated heterocycles. The van der Waals surface area contributed by atoms with Crippen molar-refractivity contribution in [1.29, 1.82) is 0 Å². The minimum absolute atomic E-state index is 0.0340. The van der Waals surface area contributed by atoms with Crippen molar-refractivity contribution >= 4 is 22.5 Å². The van der Waals surface area contributed by atoms with Crippen molar-refractivity contribution in [2.75, 3.05) is 31.9 Å². The molecule has 0 atom stereocenters. The van der Waals surface area contributed by atoms with Gasteiger partial charge in [-0.1, -0.05) is 0 Å². The van der Waals surface area contributed by atoms with Gasteiger partial charge in [-0.2, -0.15) is 0 Å². The summed E-state index contributed by atoms with van der Waals surface area (Å²) in [6, 6.07) is 5.57. The van der Waals surface area contributed by atoms with Gasteiger partial charge in [-0.05, 0) is 57.1 Å². The van der Waals surface area contributed by atoms with Gasteiger partial charge in [-0.15, -0.1) is 0 Å². The van der Waals surface area contributed by atoms with Crippen molar-refractivity contribution in [1.82, 2.24) is 15.2 Å². The molecule has 1 fully saturated rings. The number of fused-ring (bicyclic) bond motifs is 1. The molecule has 0 spiro atoms. The van der Waals surface area contributed by atoms with Crippen LogP contribution in [0.15, 0.2) is 24.4 Å². The Morgan fingerprint density at radius 3 is 2.95 bits per heavy atom. The summed E-state index contributed by atoms with van der Waals surface area (Å²) in [6.45, 7) is 4.19. The zero-order chi connectivity index (χ0) is 14.7. The molecular formula is C16H22N4O. The fourth-order valence-corrected chi connectivity index (χ4v) is 2.93. The fourth-order valence-electron chi connectivity index (χ4n) is 2.93. The molecule has 0 unspecified atom stereocenters. The van der Waals surface area contributed by atoms with E-state index in [2.05, 4.69) is 15.2 Å². The molecular weight excluding hydrogens is 264 g/mol. The van der Waals surface area contributed by atoms with E-state index in [1.165, 1.54) is 25.9 Å². The third-order valence-corrected chi connectivity index (χ3v) is 4.09. The minimum Gasteiger partial charge on any atom is -0.399 e. The van der Waals surface area contributed by atoms with Crippen LogP contribution in [0.25, 0.3) is 10.9 Å². The summed E-state index contributed by atoms with van der Waals surface area (Å²) in [4.78, 5) is 17.8. The molecule has 21 heavy (non-hydrogen) atoms. The Bertz CT molecular complexity index is 628. The topological polar surface area (TPSA) is 74.1 Å². The number of anilines is 1. The molecule has 5 nitrogen and oxygen atoms in total. The standard InChI is InChI=1S/C16H22N4O/c17-12-4-5-15-13(10-12)14(11-19-15)16(21)18-6-3-9-20-7-1-2-8-20/h4-5,10-11,19H,1-3,6-9,17H2,(H,18,21). The number of hydrogen-bond donors (Lipinski definition) is 3. The molecule has 4 N–H and O–H groups in total. The van der Waals surface area contributed by atoms with E-state index in [9.17, 15) is 4.79 Å². The Labute approximate surface area is 124 Å². The number of carbonyl (C=O) groups is 1. The highest BCUT2D eigenvalue weighted by molar-refractivity contribution is 6.07. The Balaban J connectivity index is 1.55. The molecule has 5 heteroatoms. The van der Waals surface area contributed by atoms with Gasteiger partial charge in [0.1, 0.15) is 0 Å². The van der Waals surface area contributed by atoms with E-state index in [1.54, 1.807) is 6.20 Å². The first kappa shape index (κ1) is 13.9. The summed E-state index contributed by atoms with van der Waals surface area (Å²) in [7, 11) is 0. The lowest BCUT2D eigenvalue weighted by Gasteiger charge is -2.14. The van der Waals surface area contributed by atoms with Crippen molar-refractivity contribution in [3.63, 3.8) is 0 Å². The van der Waals surface area contributed by atoms with Crippen molar-refractivity contribution in [3.05, 3.63) is 30.0 Å². The molecule has 2 heterocycles. The van der Waals surface area contributed by atoms with Crippen LogP contribution in [-0.2, 0) is 0 Å². The van der Waals surface area contributed by atoms with E-state index in [-0.39, 0.29) is 5.91 Å². The maximum Gasteiger partial charge on any atom is 0.253 e. The van der Waals surface area contributed by atoms with E-state index in [1.807, 2.05) is 18.2 Å². The second-order valence-electron chi connectivity index (χ2n) is 5.67. The Morgan fingerprint density at radius 1 is 1.33 bits per heavy atom. The summed E-state index contributed by atoms with van der Waals surface area (Å²) in [6.07, 6.45) is 5.36. The Morgan fingerprint density at radius 2 is 2.14 bits per heavy atom. The zero-order valence-corrected chi connectivity index (χ0v) is 12.2. The summed E-state index contributed by atoms with van der Waals surface area (Å²) in [5.41, 5.74) is 8.07. The third kappa shape index (κ3) is 3.19. The lowest BCUT2D eigenvalue weighted by Crippen LogP contribution is -2.28. The van der Waals surface area contributed by atoms with Crippen LogP contribution in [0.2, 0.25) is 0 Å². The lowest BCUT2D eigenvalue weighted by molar-refractivity contribution is 0.0953. The molecule has 112 valence electrons. The van der Waals surface area contributed by atoms with Crippen LogP contribution in [0.4, 0.5) is 5.69 Å². The Hall–Kier alpha value is -2.01. The maximum absolute atomic E-state index is 12.2. The molecule has 1 amide bonds. The molecule has 1 aliphatic heterocycles. The van der Waals surface area contributed by atoms with Crippen LogP contribution in [0.5, 0.6) is 0 Å². The number of carbonyl (C=O) groups excluding carboxylic acids is 1. The zero-order valence-electron chi connectivity index (χ0n) is 12.2. The number of rotatable bonds is 5. The summed E-state index contributed by atoms with van der Waals surface area (Å²) >= 11 is 0. The molecule has 0 bridgehead atoms. The van der Waals surface area contributed by atoms with Gasteiger partial charge in [-0.3, -0.25) is 4.79 Å². The van der Waals surface area contributed by atoms with Crippen molar-refractivity contribution < 1.29 is 4.79 Å². The van der Waals surface area contributed by atoms with Gasteiger partial charge in [0.2, 0.25) is 0 Å². The molecule has 1 aromatic heterocycles. The molecule has 0 aliphatic carbocycles. The number of H-pyrrole nitrogens is 1. The van der Waals surface area contributed by atoms with Gasteiger partial charge in [0.25, 0.3) is 5.91 Å². The third-order valence-electron chi connectivity index (χ3n) is 4.09. The van der Waals surface area contributed by atoms with Crippen LogP contribution in [0.1, 0.15) is 29.6 Å². The van der Waals surface area contributed by atoms with E-state index < -0.39 is 0 Å².